The van der Waals surface area contributed by atoms with Crippen LogP contribution in [0.4, 0.5) is 0 Å². The van der Waals surface area contributed by atoms with E-state index < -0.39 is 0 Å². The molecule has 0 radical (unpaired) electrons. The van der Waals surface area contributed by atoms with Gasteiger partial charge in [0.2, 0.25) is 0 Å². The van der Waals surface area contributed by atoms with Crippen LogP contribution in [0.5, 0.6) is 0 Å². The summed E-state index contributed by atoms with van der Waals surface area (Å²) >= 11 is 0. The highest BCUT2D eigenvalue weighted by Gasteiger charge is 2.16. The summed E-state index contributed by atoms with van der Waals surface area (Å²) in [4.78, 5) is 20.5. The third-order valence-electron chi connectivity index (χ3n) is 11.5. The summed E-state index contributed by atoms with van der Waals surface area (Å²) in [5.41, 5.74) is 14.9. The van der Waals surface area contributed by atoms with Crippen molar-refractivity contribution in [1.29, 1.82) is 0 Å². The second kappa shape index (κ2) is 16.0. The molecule has 0 aliphatic carbocycles. The van der Waals surface area contributed by atoms with E-state index >= 15 is 0 Å². The van der Waals surface area contributed by atoms with Gasteiger partial charge in [0, 0.05) is 33.0 Å². The lowest BCUT2D eigenvalue weighted by atomic mass is 9.93. The molecule has 4 nitrogen and oxygen atoms in total. The highest BCUT2D eigenvalue weighted by molar-refractivity contribution is 6.16. The van der Waals surface area contributed by atoms with Crippen molar-refractivity contribution in [2.45, 2.75) is 0 Å². The largest absolute Gasteiger partial charge is 0.247 e. The van der Waals surface area contributed by atoms with Crippen molar-refractivity contribution in [2.24, 2.45) is 0 Å². The van der Waals surface area contributed by atoms with Crippen LogP contribution in [0, 0.1) is 0 Å². The van der Waals surface area contributed by atoms with Crippen LogP contribution in [0.1, 0.15) is 0 Å². The maximum atomic E-state index is 5.22. The molecule has 0 spiro atoms. The van der Waals surface area contributed by atoms with Gasteiger partial charge < -0.3 is 0 Å². The summed E-state index contributed by atoms with van der Waals surface area (Å²) in [7, 11) is 0. The Balaban J connectivity index is 0.947. The SMILES string of the molecule is c1ccc(-c2cccc(-c3nc(-c4ccc(-c5ccc(-c6cccc7nc(-c8ccccc8)c8ccccc8c67)cc5)cc4)nc(-c4cccc(-c5ccccc5)c4)n3)c2)cc1. The Labute approximate surface area is 360 Å². The molecule has 0 aliphatic rings. The minimum atomic E-state index is 0.620. The predicted molar refractivity (Wildman–Crippen MR) is 256 cm³/mol. The van der Waals surface area contributed by atoms with E-state index in [-0.39, 0.29) is 0 Å². The molecule has 0 amide bonds. The van der Waals surface area contributed by atoms with Gasteiger partial charge in [-0.05, 0) is 68.1 Å². The number of pyridine rings is 1. The fourth-order valence-corrected chi connectivity index (χ4v) is 8.42. The van der Waals surface area contributed by atoms with E-state index in [0.29, 0.717) is 17.5 Å². The molecule has 9 aromatic carbocycles. The summed E-state index contributed by atoms with van der Waals surface area (Å²) in [6, 6.07) is 80.5. The average molecular weight is 791 g/mol. The van der Waals surface area contributed by atoms with Crippen molar-refractivity contribution in [3.05, 3.63) is 231 Å². The number of aromatic nitrogens is 4. The van der Waals surface area contributed by atoms with Gasteiger partial charge in [0.1, 0.15) is 0 Å². The van der Waals surface area contributed by atoms with E-state index in [0.717, 1.165) is 88.7 Å². The fourth-order valence-electron chi connectivity index (χ4n) is 8.42. The topological polar surface area (TPSA) is 51.6 Å². The Morgan fingerprint density at radius 1 is 0.226 bits per heavy atom. The van der Waals surface area contributed by atoms with E-state index in [1.54, 1.807) is 0 Å². The van der Waals surface area contributed by atoms with Gasteiger partial charge in [0.25, 0.3) is 0 Å². The Kier molecular flexibility index (Phi) is 9.49. The molecule has 0 aliphatic heterocycles. The number of hydrogen-bond donors (Lipinski definition) is 0. The number of nitrogens with zero attached hydrogens (tertiary/aromatic N) is 4. The van der Waals surface area contributed by atoms with Crippen LogP contribution < -0.4 is 0 Å². The van der Waals surface area contributed by atoms with Crippen molar-refractivity contribution < 1.29 is 0 Å². The second-order valence-electron chi connectivity index (χ2n) is 15.4. The van der Waals surface area contributed by atoms with Gasteiger partial charge >= 0.3 is 0 Å². The first-order valence-electron chi connectivity index (χ1n) is 20.9. The average Bonchev–Trinajstić information content (AvgIpc) is 3.37. The maximum absolute atomic E-state index is 5.22. The molecule has 0 atom stereocenters. The van der Waals surface area contributed by atoms with Crippen molar-refractivity contribution in [3.63, 3.8) is 0 Å². The highest BCUT2D eigenvalue weighted by atomic mass is 15.0. The standard InChI is InChI=1S/C58H38N4/c1-4-15-39(16-5-1)46-21-12-23-48(37-46)57-60-56(61-58(62-57)49-24-13-22-47(38-49)40-17-6-2-7-18-40)45-35-31-42(32-36-45)41-29-33-43(34-30-41)50-27-14-28-53-54(50)51-25-10-11-26-52(51)55(59-53)44-19-8-3-9-20-44/h1-38H. The van der Waals surface area contributed by atoms with Gasteiger partial charge in [0.15, 0.2) is 17.5 Å². The molecule has 0 N–H and O–H groups in total. The lowest BCUT2D eigenvalue weighted by Gasteiger charge is -2.14. The summed E-state index contributed by atoms with van der Waals surface area (Å²) in [5, 5.41) is 3.51. The molecule has 0 saturated heterocycles. The van der Waals surface area contributed by atoms with Crippen molar-refractivity contribution >= 4 is 21.7 Å². The van der Waals surface area contributed by atoms with Crippen LogP contribution in [0.25, 0.3) is 112 Å². The summed E-state index contributed by atoms with van der Waals surface area (Å²) in [6.07, 6.45) is 0. The third-order valence-corrected chi connectivity index (χ3v) is 11.5. The van der Waals surface area contributed by atoms with Gasteiger partial charge in [-0.25, -0.2) is 19.9 Å². The summed E-state index contributed by atoms with van der Waals surface area (Å²) < 4.78 is 0. The lowest BCUT2D eigenvalue weighted by molar-refractivity contribution is 1.07. The van der Waals surface area contributed by atoms with Crippen LogP contribution in [-0.4, -0.2) is 19.9 Å². The normalized spacial score (nSPS) is 11.2. The van der Waals surface area contributed by atoms with Crippen LogP contribution in [-0.2, 0) is 0 Å². The molecule has 2 heterocycles. The fraction of sp³-hybridized carbons (Fsp3) is 0. The van der Waals surface area contributed by atoms with Crippen molar-refractivity contribution in [2.75, 3.05) is 0 Å². The van der Waals surface area contributed by atoms with Gasteiger partial charge in [-0.2, -0.15) is 0 Å². The molecule has 2 aromatic heterocycles. The monoisotopic (exact) mass is 790 g/mol. The second-order valence-corrected chi connectivity index (χ2v) is 15.4. The zero-order valence-corrected chi connectivity index (χ0v) is 33.7. The predicted octanol–water partition coefficient (Wildman–Crippen LogP) is 14.9. The first kappa shape index (κ1) is 36.7. The summed E-state index contributed by atoms with van der Waals surface area (Å²) in [6.45, 7) is 0. The molecule has 62 heavy (non-hydrogen) atoms. The Hall–Kier alpha value is -8.34. The number of rotatable bonds is 8. The van der Waals surface area contributed by atoms with Gasteiger partial charge in [0.05, 0.1) is 11.2 Å². The zero-order valence-electron chi connectivity index (χ0n) is 33.7. The Morgan fingerprint density at radius 3 is 1.16 bits per heavy atom. The first-order chi connectivity index (χ1) is 30.7. The number of hydrogen-bond acceptors (Lipinski definition) is 4. The Bertz CT molecular complexity index is 3260. The van der Waals surface area contributed by atoms with E-state index in [1.165, 1.54) is 5.39 Å². The molecular formula is C58H38N4. The smallest absolute Gasteiger partial charge is 0.164 e. The zero-order chi connectivity index (χ0) is 41.2. The lowest BCUT2D eigenvalue weighted by Crippen LogP contribution is -2.00. The Morgan fingerprint density at radius 2 is 0.613 bits per heavy atom. The van der Waals surface area contributed by atoms with E-state index in [9.17, 15) is 0 Å². The molecule has 11 rings (SSSR count). The van der Waals surface area contributed by atoms with Crippen LogP contribution in [0.3, 0.4) is 0 Å². The van der Waals surface area contributed by atoms with Crippen LogP contribution in [0.15, 0.2) is 231 Å². The minimum Gasteiger partial charge on any atom is -0.247 e. The first-order valence-corrected chi connectivity index (χ1v) is 20.9. The summed E-state index contributed by atoms with van der Waals surface area (Å²) in [5.74, 6) is 1.87. The maximum Gasteiger partial charge on any atom is 0.164 e. The molecule has 4 heteroatoms. The van der Waals surface area contributed by atoms with Gasteiger partial charge in [-0.3, -0.25) is 0 Å². The third kappa shape index (κ3) is 7.10. The van der Waals surface area contributed by atoms with Gasteiger partial charge in [-0.1, -0.05) is 212 Å². The van der Waals surface area contributed by atoms with Crippen molar-refractivity contribution in [3.8, 4) is 89.9 Å². The van der Waals surface area contributed by atoms with E-state index in [4.69, 9.17) is 19.9 Å². The van der Waals surface area contributed by atoms with E-state index in [2.05, 4.69) is 212 Å². The molecular weight excluding hydrogens is 753 g/mol. The number of benzene rings is 9. The quantitative estimate of drug-likeness (QED) is 0.144. The highest BCUT2D eigenvalue weighted by Crippen LogP contribution is 2.39. The molecule has 0 unspecified atom stereocenters. The van der Waals surface area contributed by atoms with Crippen molar-refractivity contribution in [1.82, 2.24) is 19.9 Å². The van der Waals surface area contributed by atoms with Crippen LogP contribution in [0.2, 0.25) is 0 Å². The van der Waals surface area contributed by atoms with Gasteiger partial charge in [-0.15, -0.1) is 0 Å². The number of fused-ring (bicyclic) bond motifs is 3. The molecule has 11 aromatic rings. The molecule has 0 bridgehead atoms. The van der Waals surface area contributed by atoms with E-state index in [1.807, 2.05) is 18.2 Å². The minimum absolute atomic E-state index is 0.620. The molecule has 290 valence electrons. The van der Waals surface area contributed by atoms with Crippen LogP contribution >= 0.6 is 0 Å². The molecule has 0 saturated carbocycles. The molecule has 0 fully saturated rings.